The van der Waals surface area contributed by atoms with Crippen LogP contribution in [0.1, 0.15) is 41.0 Å². The second-order valence-electron chi connectivity index (χ2n) is 1.65. The molecule has 1 rings (SSSR count). The second-order valence-corrected chi connectivity index (χ2v) is 2.69. The van der Waals surface area contributed by atoms with E-state index in [9.17, 15) is 0 Å². The van der Waals surface area contributed by atoms with Crippen molar-refractivity contribution in [2.45, 2.75) is 46.3 Å². The standard InChI is InChI=1S/C6H9NOS.2C2H6/c1-2-5-9-6-7-3-4-8-6;2*1-2/h3-4H,2,5H2,1H3;2*1-2H3. The molecule has 78 valence electrons. The molecule has 0 fully saturated rings. The maximum atomic E-state index is 4.99. The van der Waals surface area contributed by atoms with Gasteiger partial charge < -0.3 is 4.42 Å². The number of aromatic nitrogens is 1. The molecule has 13 heavy (non-hydrogen) atoms. The van der Waals surface area contributed by atoms with Gasteiger partial charge in [0.05, 0.1) is 6.20 Å². The normalized spacial score (nSPS) is 7.77. The molecular formula is C10H21NOS. The third-order valence-corrected chi connectivity index (χ3v) is 1.90. The van der Waals surface area contributed by atoms with Gasteiger partial charge in [-0.15, -0.1) is 0 Å². The molecule has 0 unspecified atom stereocenters. The zero-order chi connectivity index (χ0) is 10.5. The van der Waals surface area contributed by atoms with E-state index in [4.69, 9.17) is 4.42 Å². The highest BCUT2D eigenvalue weighted by Gasteiger charge is 1.93. The van der Waals surface area contributed by atoms with Crippen molar-refractivity contribution < 1.29 is 4.42 Å². The van der Waals surface area contributed by atoms with Crippen LogP contribution in [-0.4, -0.2) is 10.7 Å². The molecule has 1 aromatic rings. The average molecular weight is 203 g/mol. The summed E-state index contributed by atoms with van der Waals surface area (Å²) in [5, 5.41) is 0.775. The summed E-state index contributed by atoms with van der Waals surface area (Å²) in [6.45, 7) is 10.1. The first-order valence-electron chi connectivity index (χ1n) is 4.95. The molecule has 1 aromatic heterocycles. The zero-order valence-corrected chi connectivity index (χ0v) is 10.1. The summed E-state index contributed by atoms with van der Waals surface area (Å²) >= 11 is 1.65. The predicted molar refractivity (Wildman–Crippen MR) is 60.2 cm³/mol. The largest absolute Gasteiger partial charge is 0.440 e. The van der Waals surface area contributed by atoms with Gasteiger partial charge in [0.2, 0.25) is 0 Å². The minimum absolute atomic E-state index is 0.775. The van der Waals surface area contributed by atoms with Gasteiger partial charge in [-0.2, -0.15) is 0 Å². The fourth-order valence-electron chi connectivity index (χ4n) is 0.471. The van der Waals surface area contributed by atoms with E-state index >= 15 is 0 Å². The van der Waals surface area contributed by atoms with Crippen LogP contribution in [0.25, 0.3) is 0 Å². The summed E-state index contributed by atoms with van der Waals surface area (Å²) in [7, 11) is 0. The van der Waals surface area contributed by atoms with E-state index in [1.54, 1.807) is 24.2 Å². The first-order chi connectivity index (χ1) is 6.43. The van der Waals surface area contributed by atoms with E-state index in [0.717, 1.165) is 17.4 Å². The molecule has 0 aliphatic rings. The lowest BCUT2D eigenvalue weighted by atomic mass is 10.6. The molecule has 0 bridgehead atoms. The van der Waals surface area contributed by atoms with Gasteiger partial charge in [-0.25, -0.2) is 4.98 Å². The highest BCUT2D eigenvalue weighted by Crippen LogP contribution is 2.14. The van der Waals surface area contributed by atoms with Crippen LogP contribution < -0.4 is 0 Å². The SMILES string of the molecule is CC.CC.CCCSc1ncco1. The quantitative estimate of drug-likeness (QED) is 0.688. The molecule has 2 nitrogen and oxygen atoms in total. The monoisotopic (exact) mass is 203 g/mol. The Bertz CT molecular complexity index is 152. The van der Waals surface area contributed by atoms with E-state index in [1.807, 2.05) is 27.7 Å². The summed E-state index contributed by atoms with van der Waals surface area (Å²) in [4.78, 5) is 3.95. The maximum Gasteiger partial charge on any atom is 0.255 e. The number of rotatable bonds is 3. The van der Waals surface area contributed by atoms with Crippen molar-refractivity contribution in [3.63, 3.8) is 0 Å². The van der Waals surface area contributed by atoms with Crippen LogP contribution in [0.5, 0.6) is 0 Å². The number of thioether (sulfide) groups is 1. The first kappa shape index (κ1) is 15.1. The van der Waals surface area contributed by atoms with Crippen LogP contribution in [0, 0.1) is 0 Å². The summed E-state index contributed by atoms with van der Waals surface area (Å²) in [5.74, 6) is 1.08. The Balaban J connectivity index is 0. The molecular weight excluding hydrogens is 182 g/mol. The van der Waals surface area contributed by atoms with Gasteiger partial charge in [-0.05, 0) is 6.42 Å². The Labute approximate surface area is 86.1 Å². The topological polar surface area (TPSA) is 26.0 Å². The summed E-state index contributed by atoms with van der Waals surface area (Å²) in [5.41, 5.74) is 0. The van der Waals surface area contributed by atoms with Crippen LogP contribution in [0.4, 0.5) is 0 Å². The van der Waals surface area contributed by atoms with Crippen LogP contribution >= 0.6 is 11.8 Å². The van der Waals surface area contributed by atoms with Crippen LogP contribution in [0.3, 0.4) is 0 Å². The highest BCUT2D eigenvalue weighted by molar-refractivity contribution is 7.99. The Kier molecular flexibility index (Phi) is 16.3. The fourth-order valence-corrected chi connectivity index (χ4v) is 1.11. The van der Waals surface area contributed by atoms with Crippen molar-refractivity contribution in [1.29, 1.82) is 0 Å². The molecule has 0 radical (unpaired) electrons. The minimum atomic E-state index is 0.775. The van der Waals surface area contributed by atoms with Crippen molar-refractivity contribution in [2.75, 3.05) is 5.75 Å². The predicted octanol–water partition coefficient (Wildman–Crippen LogP) is 4.23. The van der Waals surface area contributed by atoms with Gasteiger partial charge in [0.15, 0.2) is 0 Å². The van der Waals surface area contributed by atoms with Crippen molar-refractivity contribution in [3.05, 3.63) is 12.5 Å². The zero-order valence-electron chi connectivity index (χ0n) is 9.33. The lowest BCUT2D eigenvalue weighted by Gasteiger charge is -1.88. The van der Waals surface area contributed by atoms with Gasteiger partial charge in [0, 0.05) is 5.75 Å². The van der Waals surface area contributed by atoms with Crippen molar-refractivity contribution in [2.24, 2.45) is 0 Å². The van der Waals surface area contributed by atoms with Crippen LogP contribution in [0.15, 0.2) is 22.1 Å². The lowest BCUT2D eigenvalue weighted by Crippen LogP contribution is -1.73. The Hall–Kier alpha value is -0.440. The van der Waals surface area contributed by atoms with Crippen LogP contribution in [0.2, 0.25) is 0 Å². The van der Waals surface area contributed by atoms with Crippen molar-refractivity contribution >= 4 is 11.8 Å². The Morgan fingerprint density at radius 2 is 1.92 bits per heavy atom. The Morgan fingerprint density at radius 1 is 1.31 bits per heavy atom. The minimum Gasteiger partial charge on any atom is -0.440 e. The molecule has 0 aliphatic heterocycles. The van der Waals surface area contributed by atoms with Gasteiger partial charge in [-0.3, -0.25) is 0 Å². The van der Waals surface area contributed by atoms with E-state index < -0.39 is 0 Å². The number of nitrogens with zero attached hydrogens (tertiary/aromatic N) is 1. The van der Waals surface area contributed by atoms with Gasteiger partial charge in [0.1, 0.15) is 6.26 Å². The second kappa shape index (κ2) is 14.1. The number of hydrogen-bond donors (Lipinski definition) is 0. The highest BCUT2D eigenvalue weighted by atomic mass is 32.2. The number of oxazole rings is 1. The van der Waals surface area contributed by atoms with Gasteiger partial charge in [0.25, 0.3) is 5.22 Å². The van der Waals surface area contributed by atoms with E-state index in [1.165, 1.54) is 0 Å². The molecule has 0 aromatic carbocycles. The summed E-state index contributed by atoms with van der Waals surface area (Å²) in [6, 6.07) is 0. The third kappa shape index (κ3) is 9.47. The van der Waals surface area contributed by atoms with E-state index in [2.05, 4.69) is 11.9 Å². The number of hydrogen-bond acceptors (Lipinski definition) is 3. The molecule has 0 N–H and O–H groups in total. The van der Waals surface area contributed by atoms with E-state index in [0.29, 0.717) is 0 Å². The molecule has 0 atom stereocenters. The van der Waals surface area contributed by atoms with Gasteiger partial charge in [-0.1, -0.05) is 46.4 Å². The molecule has 0 amide bonds. The maximum absolute atomic E-state index is 4.99. The van der Waals surface area contributed by atoms with Crippen LogP contribution in [-0.2, 0) is 0 Å². The summed E-state index contributed by atoms with van der Waals surface area (Å²) in [6.07, 6.45) is 4.42. The Morgan fingerprint density at radius 3 is 2.31 bits per heavy atom. The smallest absolute Gasteiger partial charge is 0.255 e. The fraction of sp³-hybridized carbons (Fsp3) is 0.700. The van der Waals surface area contributed by atoms with Gasteiger partial charge >= 0.3 is 0 Å². The average Bonchev–Trinajstić information content (AvgIpc) is 2.73. The van der Waals surface area contributed by atoms with E-state index in [-0.39, 0.29) is 0 Å². The van der Waals surface area contributed by atoms with Crippen molar-refractivity contribution in [3.8, 4) is 0 Å². The third-order valence-electron chi connectivity index (χ3n) is 0.839. The molecule has 0 spiro atoms. The molecule has 1 heterocycles. The molecule has 0 aliphatic carbocycles. The molecule has 0 saturated heterocycles. The van der Waals surface area contributed by atoms with Crippen molar-refractivity contribution in [1.82, 2.24) is 4.98 Å². The molecule has 0 saturated carbocycles. The lowest BCUT2D eigenvalue weighted by molar-refractivity contribution is 0.454. The first-order valence-corrected chi connectivity index (χ1v) is 5.94. The molecule has 3 heteroatoms. The summed E-state index contributed by atoms with van der Waals surface area (Å²) < 4.78 is 4.99.